The van der Waals surface area contributed by atoms with Gasteiger partial charge in [-0.2, -0.15) is 0 Å². The van der Waals surface area contributed by atoms with Crippen molar-refractivity contribution in [3.8, 4) is 11.5 Å². The van der Waals surface area contributed by atoms with Gasteiger partial charge in [-0.25, -0.2) is 0 Å². The van der Waals surface area contributed by atoms with Crippen LogP contribution in [0, 0.1) is 5.92 Å². The summed E-state index contributed by atoms with van der Waals surface area (Å²) in [5.41, 5.74) is 1.17. The first-order valence-electron chi connectivity index (χ1n) is 10.6. The lowest BCUT2D eigenvalue weighted by molar-refractivity contribution is -0.134. The summed E-state index contributed by atoms with van der Waals surface area (Å²) >= 11 is 0. The van der Waals surface area contributed by atoms with Crippen LogP contribution in [0.15, 0.2) is 23.2 Å². The molecule has 7 heteroatoms. The number of hydrogen-bond acceptors (Lipinski definition) is 4. The molecule has 1 heterocycles. The average molecular weight is 403 g/mol. The second-order valence-corrected chi connectivity index (χ2v) is 7.83. The lowest BCUT2D eigenvalue weighted by atomic mass is 10.1. The second-order valence-electron chi connectivity index (χ2n) is 7.83. The zero-order valence-corrected chi connectivity index (χ0v) is 17.9. The van der Waals surface area contributed by atoms with Gasteiger partial charge in [0.05, 0.1) is 14.2 Å². The van der Waals surface area contributed by atoms with Gasteiger partial charge in [0.25, 0.3) is 0 Å². The average Bonchev–Trinajstić information content (AvgIpc) is 3.44. The number of amides is 1. The van der Waals surface area contributed by atoms with E-state index in [2.05, 4.69) is 15.6 Å². The largest absolute Gasteiger partial charge is 0.493 e. The van der Waals surface area contributed by atoms with E-state index in [1.807, 2.05) is 23.1 Å². The van der Waals surface area contributed by atoms with E-state index < -0.39 is 0 Å². The van der Waals surface area contributed by atoms with Gasteiger partial charge in [-0.05, 0) is 43.4 Å². The molecule has 1 saturated heterocycles. The third kappa shape index (κ3) is 5.55. The third-order valence-corrected chi connectivity index (χ3v) is 5.92. The van der Waals surface area contributed by atoms with Crippen molar-refractivity contribution in [2.75, 3.05) is 40.9 Å². The first-order valence-corrected chi connectivity index (χ1v) is 10.6. The lowest BCUT2D eigenvalue weighted by Gasteiger charge is -2.21. The highest BCUT2D eigenvalue weighted by atomic mass is 16.5. The van der Waals surface area contributed by atoms with Crippen LogP contribution in [-0.2, 0) is 11.2 Å². The Labute approximate surface area is 173 Å². The fraction of sp³-hybridized carbons (Fsp3) is 0.636. The number of nitrogens with zero attached hydrogens (tertiary/aromatic N) is 2. The minimum atomic E-state index is 0.257. The molecule has 1 aliphatic carbocycles. The molecule has 0 radical (unpaired) electrons. The van der Waals surface area contributed by atoms with Crippen molar-refractivity contribution in [1.29, 1.82) is 0 Å². The van der Waals surface area contributed by atoms with Crippen LogP contribution in [0.4, 0.5) is 0 Å². The molecule has 7 nitrogen and oxygen atoms in total. The quantitative estimate of drug-likeness (QED) is 0.540. The molecule has 0 spiro atoms. The van der Waals surface area contributed by atoms with Crippen molar-refractivity contribution in [1.82, 2.24) is 15.5 Å². The van der Waals surface area contributed by atoms with Crippen molar-refractivity contribution < 1.29 is 14.3 Å². The molecule has 1 unspecified atom stereocenters. The SMILES string of the molecule is CN=C(NCCc1ccc(OC)c(OC)c1)NC1CCN(C(=O)C2CCCC2)C1. The van der Waals surface area contributed by atoms with Crippen LogP contribution < -0.4 is 20.1 Å². The highest BCUT2D eigenvalue weighted by Crippen LogP contribution is 2.28. The summed E-state index contributed by atoms with van der Waals surface area (Å²) in [6.07, 6.45) is 6.33. The molecular formula is C22H34N4O3. The number of carbonyl (C=O) groups is 1. The van der Waals surface area contributed by atoms with E-state index in [9.17, 15) is 4.79 Å². The number of carbonyl (C=O) groups excluding carboxylic acids is 1. The van der Waals surface area contributed by atoms with Crippen molar-refractivity contribution in [3.05, 3.63) is 23.8 Å². The van der Waals surface area contributed by atoms with Crippen LogP contribution in [0.3, 0.4) is 0 Å². The summed E-state index contributed by atoms with van der Waals surface area (Å²) in [5, 5.41) is 6.84. The molecule has 1 saturated carbocycles. The van der Waals surface area contributed by atoms with Crippen LogP contribution >= 0.6 is 0 Å². The summed E-state index contributed by atoms with van der Waals surface area (Å²) < 4.78 is 10.7. The predicted molar refractivity (Wildman–Crippen MR) is 115 cm³/mol. The van der Waals surface area contributed by atoms with E-state index in [4.69, 9.17) is 9.47 Å². The lowest BCUT2D eigenvalue weighted by Crippen LogP contribution is -2.45. The summed E-state index contributed by atoms with van der Waals surface area (Å²) in [7, 11) is 5.07. The molecule has 1 atom stereocenters. The van der Waals surface area contributed by atoms with E-state index in [0.717, 1.165) is 62.8 Å². The molecular weight excluding hydrogens is 368 g/mol. The molecule has 3 rings (SSSR count). The van der Waals surface area contributed by atoms with E-state index in [1.54, 1.807) is 21.3 Å². The highest BCUT2D eigenvalue weighted by molar-refractivity contribution is 5.81. The van der Waals surface area contributed by atoms with E-state index in [0.29, 0.717) is 5.91 Å². The predicted octanol–water partition coefficient (Wildman–Crippen LogP) is 2.20. The Morgan fingerprint density at radius 1 is 1.17 bits per heavy atom. The second kappa shape index (κ2) is 10.4. The summed E-state index contributed by atoms with van der Waals surface area (Å²) in [4.78, 5) is 19.0. The molecule has 2 aliphatic rings. The fourth-order valence-electron chi connectivity index (χ4n) is 4.26. The molecule has 1 aliphatic heterocycles. The van der Waals surface area contributed by atoms with Gasteiger partial charge in [-0.3, -0.25) is 9.79 Å². The zero-order valence-electron chi connectivity index (χ0n) is 17.9. The summed E-state index contributed by atoms with van der Waals surface area (Å²) in [6.45, 7) is 2.37. The number of methoxy groups -OCH3 is 2. The Morgan fingerprint density at radius 2 is 1.93 bits per heavy atom. The first kappa shape index (κ1) is 21.3. The molecule has 1 aromatic rings. The maximum absolute atomic E-state index is 12.6. The van der Waals surface area contributed by atoms with Crippen molar-refractivity contribution in [2.45, 2.75) is 44.6 Å². The number of likely N-dealkylation sites (tertiary alicyclic amines) is 1. The Kier molecular flexibility index (Phi) is 7.61. The van der Waals surface area contributed by atoms with Gasteiger partial charge in [0.15, 0.2) is 17.5 Å². The smallest absolute Gasteiger partial charge is 0.225 e. The summed E-state index contributed by atoms with van der Waals surface area (Å²) in [6, 6.07) is 6.23. The Balaban J connectivity index is 1.43. The molecule has 160 valence electrons. The number of guanidine groups is 1. The van der Waals surface area contributed by atoms with Crippen LogP contribution in [0.25, 0.3) is 0 Å². The van der Waals surface area contributed by atoms with Crippen LogP contribution in [0.2, 0.25) is 0 Å². The Hall–Kier alpha value is -2.44. The maximum atomic E-state index is 12.6. The third-order valence-electron chi connectivity index (χ3n) is 5.92. The summed E-state index contributed by atoms with van der Waals surface area (Å²) in [5.74, 6) is 2.87. The van der Waals surface area contributed by atoms with Gasteiger partial charge >= 0.3 is 0 Å². The minimum absolute atomic E-state index is 0.257. The minimum Gasteiger partial charge on any atom is -0.493 e. The highest BCUT2D eigenvalue weighted by Gasteiger charge is 2.32. The van der Waals surface area contributed by atoms with Crippen molar-refractivity contribution in [3.63, 3.8) is 0 Å². The van der Waals surface area contributed by atoms with Crippen molar-refractivity contribution >= 4 is 11.9 Å². The Morgan fingerprint density at radius 3 is 2.62 bits per heavy atom. The standard InChI is InChI=1S/C22H34N4O3/c1-23-22(24-12-10-16-8-9-19(28-2)20(14-16)29-3)25-18-11-13-26(15-18)21(27)17-6-4-5-7-17/h8-9,14,17-18H,4-7,10-13,15H2,1-3H3,(H2,23,24,25). The van der Waals surface area contributed by atoms with Gasteiger partial charge in [0.1, 0.15) is 0 Å². The molecule has 0 bridgehead atoms. The van der Waals surface area contributed by atoms with E-state index >= 15 is 0 Å². The van der Waals surface area contributed by atoms with Crippen LogP contribution in [-0.4, -0.2) is 63.7 Å². The van der Waals surface area contributed by atoms with Gasteiger partial charge in [-0.15, -0.1) is 0 Å². The van der Waals surface area contributed by atoms with Gasteiger partial charge in [0, 0.05) is 38.6 Å². The molecule has 0 aromatic heterocycles. The van der Waals surface area contributed by atoms with Crippen LogP contribution in [0.5, 0.6) is 11.5 Å². The van der Waals surface area contributed by atoms with Gasteiger partial charge in [0.2, 0.25) is 5.91 Å². The Bertz CT molecular complexity index is 716. The number of benzene rings is 1. The number of ether oxygens (including phenoxy) is 2. The van der Waals surface area contributed by atoms with Gasteiger partial charge < -0.3 is 25.0 Å². The zero-order chi connectivity index (χ0) is 20.6. The number of rotatable bonds is 7. The van der Waals surface area contributed by atoms with Gasteiger partial charge in [-0.1, -0.05) is 18.9 Å². The molecule has 2 N–H and O–H groups in total. The fourth-order valence-corrected chi connectivity index (χ4v) is 4.26. The first-order chi connectivity index (χ1) is 14.1. The van der Waals surface area contributed by atoms with Crippen LogP contribution in [0.1, 0.15) is 37.7 Å². The normalized spacial score (nSPS) is 20.0. The number of aliphatic imine (C=N–C) groups is 1. The molecule has 29 heavy (non-hydrogen) atoms. The number of hydrogen-bond donors (Lipinski definition) is 2. The monoisotopic (exact) mass is 402 g/mol. The molecule has 1 aromatic carbocycles. The maximum Gasteiger partial charge on any atom is 0.225 e. The molecule has 2 fully saturated rings. The van der Waals surface area contributed by atoms with Crippen molar-refractivity contribution in [2.24, 2.45) is 10.9 Å². The van der Waals surface area contributed by atoms with E-state index in [-0.39, 0.29) is 12.0 Å². The topological polar surface area (TPSA) is 75.2 Å². The number of nitrogens with one attached hydrogen (secondary N) is 2. The van der Waals surface area contributed by atoms with E-state index in [1.165, 1.54) is 18.4 Å². The molecule has 1 amide bonds.